The minimum absolute atomic E-state index is 0.0378. The molecular formula is C25H40N2O6. The quantitative estimate of drug-likeness (QED) is 0.339. The SMILES string of the molecule is C=CCN(C(=O)C1N(CCCCCO)C(=O)[C@@H]2[C@@H](C(=O)O)[C@]3(C)OC12CC3C)C(C)CCC. The first-order valence-corrected chi connectivity index (χ1v) is 12.4. The lowest BCUT2D eigenvalue weighted by molar-refractivity contribution is -0.158. The molecule has 3 aliphatic heterocycles. The van der Waals surface area contributed by atoms with Crippen LogP contribution in [0.1, 0.15) is 66.2 Å². The van der Waals surface area contributed by atoms with Gasteiger partial charge in [0, 0.05) is 25.7 Å². The summed E-state index contributed by atoms with van der Waals surface area (Å²) >= 11 is 0. The molecule has 2 N–H and O–H groups in total. The van der Waals surface area contributed by atoms with Crippen molar-refractivity contribution in [2.24, 2.45) is 17.8 Å². The second-order valence-corrected chi connectivity index (χ2v) is 10.3. The molecule has 0 saturated carbocycles. The number of hydrogen-bond acceptors (Lipinski definition) is 5. The smallest absolute Gasteiger partial charge is 0.310 e. The Bertz CT molecular complexity index is 787. The Morgan fingerprint density at radius 1 is 1.36 bits per heavy atom. The van der Waals surface area contributed by atoms with E-state index in [1.54, 1.807) is 22.8 Å². The third-order valence-electron chi connectivity index (χ3n) is 8.22. The van der Waals surface area contributed by atoms with Gasteiger partial charge in [0.05, 0.1) is 11.5 Å². The average Bonchev–Trinajstić information content (AvgIpc) is 3.26. The number of carbonyl (C=O) groups excluding carboxylic acids is 2. The number of aliphatic hydroxyl groups excluding tert-OH is 1. The zero-order valence-electron chi connectivity index (χ0n) is 20.5. The van der Waals surface area contributed by atoms with Crippen LogP contribution in [0.4, 0.5) is 0 Å². The minimum atomic E-state index is -1.13. The second-order valence-electron chi connectivity index (χ2n) is 10.3. The Hall–Kier alpha value is -1.93. The van der Waals surface area contributed by atoms with E-state index < -0.39 is 35.0 Å². The van der Waals surface area contributed by atoms with Gasteiger partial charge < -0.3 is 24.7 Å². The van der Waals surface area contributed by atoms with Crippen molar-refractivity contribution >= 4 is 17.8 Å². The molecule has 0 aromatic rings. The van der Waals surface area contributed by atoms with Crippen LogP contribution in [0.25, 0.3) is 0 Å². The Morgan fingerprint density at radius 2 is 2.06 bits per heavy atom. The van der Waals surface area contributed by atoms with E-state index in [0.29, 0.717) is 32.4 Å². The van der Waals surface area contributed by atoms with Crippen molar-refractivity contribution in [2.75, 3.05) is 19.7 Å². The highest BCUT2D eigenvalue weighted by Crippen LogP contribution is 2.65. The summed E-state index contributed by atoms with van der Waals surface area (Å²) in [5, 5.41) is 19.2. The number of nitrogens with zero attached hydrogens (tertiary/aromatic N) is 2. The summed E-state index contributed by atoms with van der Waals surface area (Å²) in [6, 6.07) is -0.888. The molecule has 3 saturated heterocycles. The third-order valence-corrected chi connectivity index (χ3v) is 8.22. The molecule has 8 nitrogen and oxygen atoms in total. The number of ether oxygens (including phenoxy) is 1. The van der Waals surface area contributed by atoms with Crippen molar-refractivity contribution in [1.82, 2.24) is 9.80 Å². The zero-order valence-corrected chi connectivity index (χ0v) is 20.5. The van der Waals surface area contributed by atoms with E-state index in [4.69, 9.17) is 9.84 Å². The third kappa shape index (κ3) is 3.99. The van der Waals surface area contributed by atoms with E-state index in [1.165, 1.54) is 0 Å². The van der Waals surface area contributed by atoms with Gasteiger partial charge in [0.15, 0.2) is 0 Å². The number of unbranched alkanes of at least 4 members (excludes halogenated alkanes) is 2. The molecule has 4 unspecified atom stereocenters. The van der Waals surface area contributed by atoms with Crippen molar-refractivity contribution in [3.63, 3.8) is 0 Å². The fraction of sp³-hybridized carbons (Fsp3) is 0.800. The van der Waals surface area contributed by atoms with Gasteiger partial charge in [0.2, 0.25) is 11.8 Å². The van der Waals surface area contributed by atoms with Crippen LogP contribution in [0, 0.1) is 17.8 Å². The van der Waals surface area contributed by atoms with Gasteiger partial charge in [-0.05, 0) is 51.9 Å². The first kappa shape index (κ1) is 25.7. The van der Waals surface area contributed by atoms with Gasteiger partial charge in [-0.1, -0.05) is 26.3 Å². The summed E-state index contributed by atoms with van der Waals surface area (Å²) in [5.41, 5.74) is -2.11. The van der Waals surface area contributed by atoms with Crippen molar-refractivity contribution < 1.29 is 29.3 Å². The van der Waals surface area contributed by atoms with Gasteiger partial charge in [-0.3, -0.25) is 14.4 Å². The maximum atomic E-state index is 14.1. The number of carboxylic acid groups (broad SMARTS) is 1. The molecule has 0 aromatic heterocycles. The molecule has 7 atom stereocenters. The van der Waals surface area contributed by atoms with Gasteiger partial charge in [0.1, 0.15) is 17.6 Å². The van der Waals surface area contributed by atoms with Crippen LogP contribution in [0.3, 0.4) is 0 Å². The normalized spacial score (nSPS) is 35.5. The van der Waals surface area contributed by atoms with Crippen molar-refractivity contribution in [1.29, 1.82) is 0 Å². The Labute approximate surface area is 196 Å². The number of fused-ring (bicyclic) bond motifs is 1. The van der Waals surface area contributed by atoms with Gasteiger partial charge in [0.25, 0.3) is 0 Å². The first-order chi connectivity index (χ1) is 15.6. The van der Waals surface area contributed by atoms with Crippen LogP contribution in [-0.4, -0.2) is 80.8 Å². The Morgan fingerprint density at radius 3 is 2.64 bits per heavy atom. The molecule has 3 fully saturated rings. The Balaban J connectivity index is 2.04. The maximum absolute atomic E-state index is 14.1. The first-order valence-electron chi connectivity index (χ1n) is 12.4. The molecule has 2 amide bonds. The number of carboxylic acids is 1. The standard InChI is InChI=1S/C25H40N2O6/c1-6-11-17(4)26(12-7-2)22(30)20-25-15-16(3)24(5,33-25)19(23(31)32)18(25)21(29)27(20)13-9-8-10-14-28/h7,16-20,28H,2,6,8-15H2,1,3-5H3,(H,31,32)/t16?,17?,18-,19-,20?,24+,25?/m0/s1. The van der Waals surface area contributed by atoms with Crippen molar-refractivity contribution in [2.45, 2.75) is 89.5 Å². The molecule has 0 radical (unpaired) electrons. The monoisotopic (exact) mass is 464 g/mol. The number of rotatable bonds is 12. The number of aliphatic carboxylic acids is 1. The predicted octanol–water partition coefficient (Wildman–Crippen LogP) is 2.45. The van der Waals surface area contributed by atoms with Crippen LogP contribution in [0.2, 0.25) is 0 Å². The molecule has 3 aliphatic rings. The van der Waals surface area contributed by atoms with E-state index in [0.717, 1.165) is 19.3 Å². The molecule has 0 aliphatic carbocycles. The summed E-state index contributed by atoms with van der Waals surface area (Å²) in [5.74, 6) is -3.45. The Kier molecular flexibility index (Phi) is 7.58. The second kappa shape index (κ2) is 9.74. The van der Waals surface area contributed by atoms with E-state index in [1.807, 2.05) is 13.8 Å². The van der Waals surface area contributed by atoms with Gasteiger partial charge in [-0.15, -0.1) is 6.58 Å². The van der Waals surface area contributed by atoms with Crippen molar-refractivity contribution in [3.05, 3.63) is 12.7 Å². The van der Waals surface area contributed by atoms with Crippen LogP contribution < -0.4 is 0 Å². The van der Waals surface area contributed by atoms with E-state index in [9.17, 15) is 19.5 Å². The number of hydrogen-bond donors (Lipinski definition) is 2. The van der Waals surface area contributed by atoms with E-state index in [-0.39, 0.29) is 30.4 Å². The van der Waals surface area contributed by atoms with Gasteiger partial charge in [-0.2, -0.15) is 0 Å². The number of aliphatic hydroxyl groups is 1. The van der Waals surface area contributed by atoms with Gasteiger partial charge >= 0.3 is 5.97 Å². The zero-order chi connectivity index (χ0) is 24.6. The van der Waals surface area contributed by atoms with Gasteiger partial charge in [-0.25, -0.2) is 0 Å². The topological polar surface area (TPSA) is 107 Å². The van der Waals surface area contributed by atoms with Crippen LogP contribution in [0.15, 0.2) is 12.7 Å². The molecule has 1 spiro atoms. The lowest BCUT2D eigenvalue weighted by atomic mass is 9.62. The van der Waals surface area contributed by atoms with Crippen LogP contribution in [-0.2, 0) is 19.1 Å². The molecule has 2 bridgehead atoms. The van der Waals surface area contributed by atoms with E-state index >= 15 is 0 Å². The lowest BCUT2D eigenvalue weighted by Gasteiger charge is -2.39. The summed E-state index contributed by atoms with van der Waals surface area (Å²) in [4.78, 5) is 43.6. The summed E-state index contributed by atoms with van der Waals surface area (Å²) in [6.45, 7) is 12.4. The largest absolute Gasteiger partial charge is 0.481 e. The number of likely N-dealkylation sites (tertiary alicyclic amines) is 1. The van der Waals surface area contributed by atoms with E-state index in [2.05, 4.69) is 13.5 Å². The fourth-order valence-electron chi connectivity index (χ4n) is 6.56. The molecular weight excluding hydrogens is 424 g/mol. The lowest BCUT2D eigenvalue weighted by Crippen LogP contribution is -2.58. The highest BCUT2D eigenvalue weighted by Gasteiger charge is 2.80. The van der Waals surface area contributed by atoms with Crippen molar-refractivity contribution in [3.8, 4) is 0 Å². The highest BCUT2D eigenvalue weighted by atomic mass is 16.5. The summed E-state index contributed by atoms with van der Waals surface area (Å²) < 4.78 is 6.53. The van der Waals surface area contributed by atoms with Crippen LogP contribution in [0.5, 0.6) is 0 Å². The van der Waals surface area contributed by atoms with Crippen LogP contribution >= 0.6 is 0 Å². The number of carbonyl (C=O) groups is 3. The minimum Gasteiger partial charge on any atom is -0.481 e. The predicted molar refractivity (Wildman–Crippen MR) is 123 cm³/mol. The number of amides is 2. The summed E-state index contributed by atoms with van der Waals surface area (Å²) in [6.07, 6.45) is 5.88. The summed E-state index contributed by atoms with van der Waals surface area (Å²) in [7, 11) is 0. The average molecular weight is 465 g/mol. The molecule has 3 heterocycles. The molecule has 33 heavy (non-hydrogen) atoms. The molecule has 3 rings (SSSR count). The molecule has 186 valence electrons. The highest BCUT2D eigenvalue weighted by molar-refractivity contribution is 5.98. The fourth-order valence-corrected chi connectivity index (χ4v) is 6.56. The maximum Gasteiger partial charge on any atom is 0.310 e. The molecule has 0 aromatic carbocycles. The molecule has 8 heteroatoms.